The van der Waals surface area contributed by atoms with Gasteiger partial charge in [-0.05, 0) is 43.9 Å². The second-order valence-electron chi connectivity index (χ2n) is 7.07. The number of halogens is 2. The van der Waals surface area contributed by atoms with Gasteiger partial charge in [0.1, 0.15) is 6.04 Å². The van der Waals surface area contributed by atoms with Crippen LogP contribution in [-0.4, -0.2) is 48.7 Å². The molecule has 0 spiro atoms. The number of methoxy groups -OCH3 is 1. The number of ether oxygens (including phenoxy) is 1. The molecule has 0 bridgehead atoms. The minimum atomic E-state index is -1.04. The van der Waals surface area contributed by atoms with Crippen molar-refractivity contribution in [2.75, 3.05) is 13.7 Å². The Hall–Kier alpha value is -1.83. The van der Waals surface area contributed by atoms with E-state index in [9.17, 15) is 14.4 Å². The Balaban J connectivity index is 2.86. The smallest absolute Gasteiger partial charge is 0.303 e. The van der Waals surface area contributed by atoms with Crippen LogP contribution in [0.1, 0.15) is 62.2 Å². The van der Waals surface area contributed by atoms with Crippen LogP contribution in [0.4, 0.5) is 0 Å². The maximum absolute atomic E-state index is 12.9. The molecule has 0 fully saturated rings. The first kappa shape index (κ1) is 26.2. The van der Waals surface area contributed by atoms with Crippen molar-refractivity contribution < 1.29 is 24.2 Å². The molecule has 9 heteroatoms. The van der Waals surface area contributed by atoms with Gasteiger partial charge in [0.25, 0.3) is 5.91 Å². The van der Waals surface area contributed by atoms with E-state index in [2.05, 4.69) is 17.6 Å². The van der Waals surface area contributed by atoms with Gasteiger partial charge in [-0.1, -0.05) is 43.0 Å². The van der Waals surface area contributed by atoms with E-state index in [0.717, 1.165) is 32.1 Å². The summed E-state index contributed by atoms with van der Waals surface area (Å²) in [4.78, 5) is 36.4. The normalized spacial score (nSPS) is 12.8. The monoisotopic (exact) mass is 460 g/mol. The van der Waals surface area contributed by atoms with Crippen molar-refractivity contribution in [3.05, 3.63) is 33.8 Å². The molecule has 0 heterocycles. The minimum absolute atomic E-state index is 0.0210. The van der Waals surface area contributed by atoms with E-state index >= 15 is 0 Å². The highest BCUT2D eigenvalue weighted by atomic mass is 35.5. The molecule has 3 N–H and O–H groups in total. The second-order valence-corrected chi connectivity index (χ2v) is 7.88. The number of hydrogen-bond acceptors (Lipinski definition) is 4. The standard InChI is InChI=1S/C21H30Cl2N2O5/c1-3-4-6-15(7-5-12-30-2)24-21(29)18(10-11-19(26)27)25-20(28)14-8-9-16(22)17(23)13-14/h8-9,13,15,18H,3-7,10-12H2,1-2H3,(H,24,29)(H,25,28)(H,26,27)/t15?,18-/m1/s1. The average molecular weight is 461 g/mol. The number of hydrogen-bond donors (Lipinski definition) is 3. The third-order valence-corrected chi connectivity index (χ3v) is 5.34. The number of carboxylic acid groups (broad SMARTS) is 1. The number of carboxylic acids is 1. The van der Waals surface area contributed by atoms with Gasteiger partial charge in [0.05, 0.1) is 10.0 Å². The lowest BCUT2D eigenvalue weighted by Crippen LogP contribution is -2.50. The molecular formula is C21H30Cl2N2O5. The Morgan fingerprint density at radius 1 is 1.07 bits per heavy atom. The lowest BCUT2D eigenvalue weighted by atomic mass is 10.0. The Labute approximate surface area is 187 Å². The summed E-state index contributed by atoms with van der Waals surface area (Å²) >= 11 is 11.8. The van der Waals surface area contributed by atoms with Gasteiger partial charge in [0, 0.05) is 31.7 Å². The van der Waals surface area contributed by atoms with Crippen LogP contribution in [0.5, 0.6) is 0 Å². The first-order valence-electron chi connectivity index (χ1n) is 10.1. The Kier molecular flexibility index (Phi) is 12.4. The second kappa shape index (κ2) is 14.2. The third-order valence-electron chi connectivity index (χ3n) is 4.60. The quantitative estimate of drug-likeness (QED) is 0.363. The van der Waals surface area contributed by atoms with Gasteiger partial charge in [-0.2, -0.15) is 0 Å². The summed E-state index contributed by atoms with van der Waals surface area (Å²) in [6.45, 7) is 2.66. The van der Waals surface area contributed by atoms with E-state index < -0.39 is 23.8 Å². The topological polar surface area (TPSA) is 105 Å². The van der Waals surface area contributed by atoms with Crippen LogP contribution in [0.3, 0.4) is 0 Å². The van der Waals surface area contributed by atoms with Crippen molar-refractivity contribution in [1.29, 1.82) is 0 Å². The fraction of sp³-hybridized carbons (Fsp3) is 0.571. The summed E-state index contributed by atoms with van der Waals surface area (Å²) < 4.78 is 5.08. The fourth-order valence-electron chi connectivity index (χ4n) is 2.93. The van der Waals surface area contributed by atoms with Gasteiger partial charge in [-0.3, -0.25) is 14.4 Å². The van der Waals surface area contributed by atoms with Crippen LogP contribution >= 0.6 is 23.2 Å². The molecule has 0 saturated heterocycles. The lowest BCUT2D eigenvalue weighted by Gasteiger charge is -2.23. The maximum atomic E-state index is 12.9. The van der Waals surface area contributed by atoms with Crippen molar-refractivity contribution in [1.82, 2.24) is 10.6 Å². The summed E-state index contributed by atoms with van der Waals surface area (Å²) in [5.41, 5.74) is 0.236. The van der Waals surface area contributed by atoms with Crippen molar-refractivity contribution >= 4 is 41.0 Å². The number of aliphatic carboxylic acids is 1. The molecule has 1 rings (SSSR count). The fourth-order valence-corrected chi connectivity index (χ4v) is 3.23. The number of benzene rings is 1. The number of carbonyl (C=O) groups excluding carboxylic acids is 2. The number of rotatable bonds is 14. The summed E-state index contributed by atoms with van der Waals surface area (Å²) in [7, 11) is 1.63. The first-order chi connectivity index (χ1) is 14.3. The SMILES string of the molecule is CCCCC(CCCOC)NC(=O)[C@@H](CCC(=O)O)NC(=O)c1ccc(Cl)c(Cl)c1. The molecular weight excluding hydrogens is 431 g/mol. The minimum Gasteiger partial charge on any atom is -0.481 e. The molecule has 0 aromatic heterocycles. The van der Waals surface area contributed by atoms with E-state index in [1.807, 2.05) is 0 Å². The maximum Gasteiger partial charge on any atom is 0.303 e. The Bertz CT molecular complexity index is 715. The van der Waals surface area contributed by atoms with Crippen molar-refractivity contribution in [2.24, 2.45) is 0 Å². The zero-order valence-electron chi connectivity index (χ0n) is 17.4. The molecule has 2 atom stereocenters. The summed E-state index contributed by atoms with van der Waals surface area (Å²) in [5, 5.41) is 15.1. The molecule has 1 aromatic rings. The molecule has 0 aliphatic heterocycles. The largest absolute Gasteiger partial charge is 0.481 e. The lowest BCUT2D eigenvalue weighted by molar-refractivity contribution is -0.137. The zero-order valence-corrected chi connectivity index (χ0v) is 18.9. The Morgan fingerprint density at radius 3 is 2.37 bits per heavy atom. The van der Waals surface area contributed by atoms with E-state index in [0.29, 0.717) is 11.6 Å². The highest BCUT2D eigenvalue weighted by molar-refractivity contribution is 6.42. The van der Waals surface area contributed by atoms with Gasteiger partial charge in [-0.15, -0.1) is 0 Å². The van der Waals surface area contributed by atoms with Crippen LogP contribution in [0.25, 0.3) is 0 Å². The van der Waals surface area contributed by atoms with Gasteiger partial charge in [0.2, 0.25) is 5.91 Å². The van der Waals surface area contributed by atoms with Crippen molar-refractivity contribution in [3.63, 3.8) is 0 Å². The predicted molar refractivity (Wildman–Crippen MR) is 117 cm³/mol. The summed E-state index contributed by atoms with van der Waals surface area (Å²) in [5.74, 6) is -1.97. The molecule has 0 saturated carbocycles. The van der Waals surface area contributed by atoms with E-state index in [4.69, 9.17) is 33.0 Å². The molecule has 0 radical (unpaired) electrons. The summed E-state index contributed by atoms with van der Waals surface area (Å²) in [6, 6.07) is 3.34. The molecule has 0 aliphatic rings. The number of amides is 2. The summed E-state index contributed by atoms with van der Waals surface area (Å²) in [6.07, 6.45) is 4.02. The van der Waals surface area contributed by atoms with Gasteiger partial charge in [-0.25, -0.2) is 0 Å². The molecule has 7 nitrogen and oxygen atoms in total. The van der Waals surface area contributed by atoms with Gasteiger partial charge < -0.3 is 20.5 Å². The molecule has 30 heavy (non-hydrogen) atoms. The van der Waals surface area contributed by atoms with Crippen molar-refractivity contribution in [2.45, 2.75) is 64.0 Å². The van der Waals surface area contributed by atoms with E-state index in [1.54, 1.807) is 7.11 Å². The number of carbonyl (C=O) groups is 3. The van der Waals surface area contributed by atoms with Crippen LogP contribution in [0, 0.1) is 0 Å². The molecule has 1 unspecified atom stereocenters. The number of unbranched alkanes of at least 4 members (excludes halogenated alkanes) is 1. The molecule has 1 aromatic carbocycles. The predicted octanol–water partition coefficient (Wildman–Crippen LogP) is 4.06. The van der Waals surface area contributed by atoms with Crippen molar-refractivity contribution in [3.8, 4) is 0 Å². The molecule has 2 amide bonds. The molecule has 168 valence electrons. The van der Waals surface area contributed by atoms with Crippen LogP contribution in [0.2, 0.25) is 10.0 Å². The van der Waals surface area contributed by atoms with Crippen LogP contribution < -0.4 is 10.6 Å². The molecule has 0 aliphatic carbocycles. The Morgan fingerprint density at radius 2 is 1.77 bits per heavy atom. The van der Waals surface area contributed by atoms with Gasteiger partial charge >= 0.3 is 5.97 Å². The number of nitrogens with one attached hydrogen (secondary N) is 2. The van der Waals surface area contributed by atoms with E-state index in [1.165, 1.54) is 18.2 Å². The first-order valence-corrected chi connectivity index (χ1v) is 10.8. The van der Waals surface area contributed by atoms with E-state index in [-0.39, 0.29) is 29.5 Å². The third kappa shape index (κ3) is 9.78. The highest BCUT2D eigenvalue weighted by Crippen LogP contribution is 2.22. The van der Waals surface area contributed by atoms with Crippen LogP contribution in [-0.2, 0) is 14.3 Å². The zero-order chi connectivity index (χ0) is 22.5. The average Bonchev–Trinajstić information content (AvgIpc) is 2.70. The highest BCUT2D eigenvalue weighted by Gasteiger charge is 2.24. The van der Waals surface area contributed by atoms with Crippen LogP contribution in [0.15, 0.2) is 18.2 Å². The van der Waals surface area contributed by atoms with Gasteiger partial charge in [0.15, 0.2) is 0 Å².